The monoisotopic (exact) mass is 1420 g/mol. The SMILES string of the molecule is C=C1N=C(COC(C)(C)C)NO1.C=C1N=C(COC(C)(C)C)NO1.CC(C)(C)CSc1ccccc1O.CC(C)(C)OCC1SC(=O)CC1=O.CC(C)(C)OCc1ncn[nH]1.CC(C)(C)OCc1nsc(=O)[nH]1.CC(C)(C)c1ccnc(=O)[nH]1.Cc1c(F)cc(C(C)(C)C)cc1F. The Morgan fingerprint density at radius 3 is 1.45 bits per heavy atom. The van der Waals surface area contributed by atoms with Crippen LogP contribution in [0, 0.1) is 24.0 Å². The Kier molecular flexibility index (Phi) is 36.3. The molecule has 1 saturated heterocycles. The number of para-hydroxylation sites is 1. The highest BCUT2D eigenvalue weighted by atomic mass is 32.2. The van der Waals surface area contributed by atoms with Gasteiger partial charge in [0.1, 0.15) is 61.8 Å². The van der Waals surface area contributed by atoms with Gasteiger partial charge in [-0.2, -0.15) is 19.5 Å². The molecule has 0 spiro atoms. The number of hydroxylamine groups is 2. The summed E-state index contributed by atoms with van der Waals surface area (Å²) in [5, 5.41) is 15.6. The minimum atomic E-state index is -0.468. The van der Waals surface area contributed by atoms with E-state index in [-0.39, 0.29) is 77.5 Å². The third-order valence-corrected chi connectivity index (χ3v) is 14.7. The lowest BCUT2D eigenvalue weighted by molar-refractivity contribution is -0.122. The van der Waals surface area contributed by atoms with Crippen LogP contribution < -0.4 is 21.5 Å². The minimum Gasteiger partial charge on any atom is -0.507 e. The van der Waals surface area contributed by atoms with Gasteiger partial charge in [0.05, 0.1) is 46.3 Å². The molecule has 0 bridgehead atoms. The van der Waals surface area contributed by atoms with Crippen LogP contribution in [0.15, 0.2) is 104 Å². The first-order valence-electron chi connectivity index (χ1n) is 31.3. The van der Waals surface area contributed by atoms with Crippen molar-refractivity contribution in [3.05, 3.63) is 140 Å². The lowest BCUT2D eigenvalue weighted by Crippen LogP contribution is -2.28. The number of rotatable bonds is 12. The van der Waals surface area contributed by atoms with E-state index in [1.165, 1.54) is 31.6 Å². The number of thioether (sulfide) groups is 2. The Bertz CT molecular complexity index is 3340. The molecule has 8 rings (SSSR count). The second-order valence-electron chi connectivity index (χ2n) is 30.1. The van der Waals surface area contributed by atoms with E-state index in [0.29, 0.717) is 79.0 Å². The number of ketones is 1. The molecule has 0 saturated carbocycles. The largest absolute Gasteiger partial charge is 0.507 e. The Morgan fingerprint density at radius 2 is 1.10 bits per heavy atom. The second-order valence-corrected chi connectivity index (χ2v) is 33.1. The average molecular weight is 1420 g/mol. The number of benzene rings is 2. The van der Waals surface area contributed by atoms with Gasteiger partial charge in [0, 0.05) is 45.1 Å². The Morgan fingerprint density at radius 1 is 0.629 bits per heavy atom. The summed E-state index contributed by atoms with van der Waals surface area (Å²) < 4.78 is 57.3. The molecule has 1 fully saturated rings. The number of carbonyl (C=O) groups excluding carboxylic acids is 2. The number of aromatic nitrogens is 7. The number of aromatic amines is 3. The van der Waals surface area contributed by atoms with Crippen LogP contribution >= 0.6 is 35.1 Å². The number of aliphatic imine (C=N–C) groups is 2. The van der Waals surface area contributed by atoms with Gasteiger partial charge in [-0.15, -0.1) is 11.8 Å². The van der Waals surface area contributed by atoms with E-state index in [0.717, 1.165) is 45.5 Å². The van der Waals surface area contributed by atoms with Crippen LogP contribution in [0.1, 0.15) is 201 Å². The maximum Gasteiger partial charge on any atom is 0.345 e. The smallest absolute Gasteiger partial charge is 0.345 e. The summed E-state index contributed by atoms with van der Waals surface area (Å²) in [6.45, 7) is 58.6. The van der Waals surface area contributed by atoms with E-state index in [1.54, 1.807) is 17.8 Å². The second kappa shape index (κ2) is 39.8. The number of aromatic hydroxyl groups is 1. The summed E-state index contributed by atoms with van der Waals surface area (Å²) in [6.07, 6.45) is 3.07. The molecular weight excluding hydrogens is 1310 g/mol. The highest BCUT2D eigenvalue weighted by Crippen LogP contribution is 2.33. The lowest BCUT2D eigenvalue weighted by atomic mass is 9.86. The number of phenols is 1. The van der Waals surface area contributed by atoms with E-state index in [4.69, 9.17) is 33.4 Å². The maximum absolute atomic E-state index is 13.1. The van der Waals surface area contributed by atoms with Gasteiger partial charge >= 0.3 is 10.6 Å². The van der Waals surface area contributed by atoms with Crippen molar-refractivity contribution in [2.24, 2.45) is 15.4 Å². The Balaban J connectivity index is 0.000000555. The molecule has 3 aliphatic rings. The third-order valence-electron chi connectivity index (χ3n) is 11.4. The van der Waals surface area contributed by atoms with Crippen LogP contribution in [0.2, 0.25) is 0 Å². The van der Waals surface area contributed by atoms with Crippen molar-refractivity contribution in [1.29, 1.82) is 0 Å². The van der Waals surface area contributed by atoms with Crippen molar-refractivity contribution in [3.8, 4) is 5.75 Å². The van der Waals surface area contributed by atoms with E-state index in [9.17, 15) is 33.1 Å². The van der Waals surface area contributed by atoms with Crippen LogP contribution in [-0.2, 0) is 67.0 Å². The van der Waals surface area contributed by atoms with Crippen LogP contribution in [-0.4, -0.2) is 121 Å². The van der Waals surface area contributed by atoms with E-state index < -0.39 is 11.6 Å². The van der Waals surface area contributed by atoms with Gasteiger partial charge < -0.3 is 43.4 Å². The molecular formula is C69H109F2N11O12S3. The van der Waals surface area contributed by atoms with Crippen molar-refractivity contribution in [2.75, 3.05) is 25.6 Å². The summed E-state index contributed by atoms with van der Waals surface area (Å²) in [4.78, 5) is 74.6. The molecule has 28 heteroatoms. The van der Waals surface area contributed by atoms with Gasteiger partial charge in [0.2, 0.25) is 11.8 Å². The zero-order valence-corrected chi connectivity index (χ0v) is 64.2. The molecule has 6 heterocycles. The molecule has 0 radical (unpaired) electrons. The van der Waals surface area contributed by atoms with Gasteiger partial charge in [0.25, 0.3) is 0 Å². The molecule has 97 heavy (non-hydrogen) atoms. The summed E-state index contributed by atoms with van der Waals surface area (Å²) in [7, 11) is 0. The fourth-order valence-electron chi connectivity index (χ4n) is 6.25. The van der Waals surface area contributed by atoms with Crippen LogP contribution in [0.3, 0.4) is 0 Å². The van der Waals surface area contributed by atoms with Crippen molar-refractivity contribution in [3.63, 3.8) is 0 Å². The Labute approximate surface area is 585 Å². The number of hydrogen-bond acceptors (Lipinski definition) is 23. The van der Waals surface area contributed by atoms with Gasteiger partial charge in [-0.25, -0.2) is 34.5 Å². The lowest BCUT2D eigenvalue weighted by Gasteiger charge is -2.20. The molecule has 6 N–H and O–H groups in total. The number of phenolic OH excluding ortho intramolecular Hbond substituents is 1. The first-order chi connectivity index (χ1) is 44.2. The summed E-state index contributed by atoms with van der Waals surface area (Å²) in [5.41, 5.74) is 5.82. The number of Topliss-reactive ketones (excluding diaryl/α,β-unsaturated/α-hetero) is 1. The molecule has 0 aliphatic carbocycles. The molecule has 0 amide bonds. The molecule has 5 aromatic rings. The van der Waals surface area contributed by atoms with Gasteiger partial charge in [-0.1, -0.05) is 86.2 Å². The molecule has 23 nitrogen and oxygen atoms in total. The van der Waals surface area contributed by atoms with Crippen molar-refractivity contribution < 1.29 is 56.8 Å². The molecule has 544 valence electrons. The maximum atomic E-state index is 13.1. The van der Waals surface area contributed by atoms with Gasteiger partial charge in [-0.3, -0.25) is 24.5 Å². The summed E-state index contributed by atoms with van der Waals surface area (Å²) in [6, 6.07) is 12.1. The standard InChI is InChI=1S/C11H14F2.C11H16OS.C9H14O3S.2C8H14N2O2.C8H12N2O.C7H13N3O.C7H12N2O2S/c1-7-9(12)5-8(6-10(7)13)11(2,3)4;1-11(2,3)8-13-10-7-5-4-6-9(10)12;1-9(2,3)12-5-7-6(10)4-8(11)13-7;2*1-6-9-7(10-12-6)5-11-8(2,3)4;1-8(2,3)6-4-5-9-7(11)10-6;1-7(2,3)11-4-6-8-5-9-10-6;1-7(2,3)11-4-5-8-6(10)12-9-5/h5-6H,1-4H3;4-7,12H,8H2,1-3H3;7H,4-5H2,1-3H3;2*1,5H2,2-4H3,(H,9,10);4-5H,1-3H3,(H,9,10,11);5H,4H2,1-3H3,(H,8,9,10);4H2,1-3H3,(H,8,9,10). The normalized spacial score (nSPS) is 14.7. The molecule has 1 atom stereocenters. The fraction of sp³-hybridized carbons (Fsp3) is 0.594. The number of nitrogens with one attached hydrogen (secondary N) is 5. The number of halogens is 2. The van der Waals surface area contributed by atoms with Crippen molar-refractivity contribution in [2.45, 2.75) is 242 Å². The van der Waals surface area contributed by atoms with Crippen molar-refractivity contribution in [1.82, 2.24) is 45.5 Å². The van der Waals surface area contributed by atoms with Crippen LogP contribution in [0.5, 0.6) is 5.75 Å². The highest BCUT2D eigenvalue weighted by Gasteiger charge is 2.33. The summed E-state index contributed by atoms with van der Waals surface area (Å²) >= 11 is 3.72. The molecule has 3 aromatic heterocycles. The Hall–Kier alpha value is -6.66. The first-order valence-corrected chi connectivity index (χ1v) is 34.0. The number of ether oxygens (including phenoxy) is 5. The first kappa shape index (κ1) is 88.4. The zero-order valence-electron chi connectivity index (χ0n) is 61.7. The average Bonchev–Trinajstić information content (AvgIpc) is 1.61. The van der Waals surface area contributed by atoms with E-state index >= 15 is 0 Å². The number of nitrogens with zero attached hydrogens (tertiary/aromatic N) is 6. The number of hydrogen-bond donors (Lipinski definition) is 6. The quantitative estimate of drug-likeness (QED) is 0.0499. The van der Waals surface area contributed by atoms with Gasteiger partial charge in [0.15, 0.2) is 22.6 Å². The summed E-state index contributed by atoms with van der Waals surface area (Å²) in [5.74, 6) is 3.91. The van der Waals surface area contributed by atoms with Crippen LogP contribution in [0.4, 0.5) is 8.78 Å². The number of carbonyl (C=O) groups is 2. The zero-order chi connectivity index (χ0) is 74.6. The topological polar surface area (TPSA) is 301 Å². The molecule has 1 unspecified atom stereocenters. The fourth-order valence-corrected chi connectivity index (χ4v) is 8.57. The van der Waals surface area contributed by atoms with Crippen molar-refractivity contribution >= 4 is 57.6 Å². The van der Waals surface area contributed by atoms with E-state index in [2.05, 4.69) is 89.4 Å². The highest BCUT2D eigenvalue weighted by molar-refractivity contribution is 8.15. The predicted molar refractivity (Wildman–Crippen MR) is 385 cm³/mol. The molecule has 2 aromatic carbocycles. The number of H-pyrrole nitrogens is 3. The van der Waals surface area contributed by atoms with Crippen LogP contribution in [0.25, 0.3) is 0 Å². The molecule has 3 aliphatic heterocycles. The van der Waals surface area contributed by atoms with E-state index in [1.807, 2.05) is 170 Å². The van der Waals surface area contributed by atoms with Gasteiger partial charge in [-0.05, 0) is 171 Å². The number of amidine groups is 2. The predicted octanol–water partition coefficient (Wildman–Crippen LogP) is 14.2. The minimum absolute atomic E-state index is 0.000694. The third kappa shape index (κ3) is 44.1.